The van der Waals surface area contributed by atoms with E-state index in [-0.39, 0.29) is 16.8 Å². The summed E-state index contributed by atoms with van der Waals surface area (Å²) in [5.74, 6) is 0.167. The van der Waals surface area contributed by atoms with Gasteiger partial charge in [-0.2, -0.15) is 5.10 Å². The minimum Gasteiger partial charge on any atom is -0.475 e. The van der Waals surface area contributed by atoms with Gasteiger partial charge >= 0.3 is 6.03 Å². The first-order valence-corrected chi connectivity index (χ1v) is 12.2. The monoisotopic (exact) mass is 445 g/mol. The number of likely N-dealkylation sites (N-methyl/N-ethyl adjacent to an activating group) is 1. The number of sulfonamides is 1. The SMILES string of the molecule is CN(C)[C@H]1COc2c(S(=O)(=O)NC(=O)Nc3c4c(cc5c3CCC5)CCC4)cnn2C1. The lowest BCUT2D eigenvalue weighted by molar-refractivity contribution is 0.117. The molecular formula is C21H27N5O4S. The second kappa shape index (κ2) is 7.52. The highest BCUT2D eigenvalue weighted by Crippen LogP contribution is 2.38. The largest absolute Gasteiger partial charge is 0.475 e. The van der Waals surface area contributed by atoms with E-state index in [1.165, 1.54) is 22.0 Å². The average Bonchev–Trinajstić information content (AvgIpc) is 3.45. The summed E-state index contributed by atoms with van der Waals surface area (Å²) in [6.45, 7) is 0.877. The third-order valence-corrected chi connectivity index (χ3v) is 7.83. The topological polar surface area (TPSA) is 106 Å². The van der Waals surface area contributed by atoms with Crippen molar-refractivity contribution in [2.45, 2.75) is 56.0 Å². The normalized spacial score (nSPS) is 19.5. The molecule has 0 bridgehead atoms. The van der Waals surface area contributed by atoms with Crippen LogP contribution in [0.25, 0.3) is 0 Å². The lowest BCUT2D eigenvalue weighted by Gasteiger charge is -2.29. The third kappa shape index (κ3) is 3.57. The van der Waals surface area contributed by atoms with Gasteiger partial charge in [-0.1, -0.05) is 6.07 Å². The summed E-state index contributed by atoms with van der Waals surface area (Å²) in [6.07, 6.45) is 7.17. The zero-order valence-electron chi connectivity index (χ0n) is 17.8. The Bertz CT molecular complexity index is 1120. The molecule has 0 saturated heterocycles. The number of hydrogen-bond donors (Lipinski definition) is 2. The van der Waals surface area contributed by atoms with E-state index in [4.69, 9.17) is 4.74 Å². The van der Waals surface area contributed by atoms with E-state index < -0.39 is 16.1 Å². The molecule has 0 unspecified atom stereocenters. The fraction of sp³-hybridized carbons (Fsp3) is 0.524. The first kappa shape index (κ1) is 20.3. The van der Waals surface area contributed by atoms with E-state index in [2.05, 4.69) is 21.2 Å². The number of nitrogens with one attached hydrogen (secondary N) is 2. The Kier molecular flexibility index (Phi) is 4.93. The number of nitrogens with zero attached hydrogens (tertiary/aromatic N) is 3. The van der Waals surface area contributed by atoms with Crippen molar-refractivity contribution in [2.24, 2.45) is 0 Å². The molecule has 2 amide bonds. The highest BCUT2D eigenvalue weighted by Gasteiger charge is 2.32. The summed E-state index contributed by atoms with van der Waals surface area (Å²) in [6, 6.07) is 1.61. The highest BCUT2D eigenvalue weighted by molar-refractivity contribution is 7.90. The summed E-state index contributed by atoms with van der Waals surface area (Å²) in [7, 11) is -0.260. The highest BCUT2D eigenvalue weighted by atomic mass is 32.2. The van der Waals surface area contributed by atoms with E-state index in [1.807, 2.05) is 19.0 Å². The molecule has 3 aliphatic rings. The molecule has 0 radical (unpaired) electrons. The zero-order valence-corrected chi connectivity index (χ0v) is 18.6. The molecular weight excluding hydrogens is 418 g/mol. The number of benzene rings is 1. The van der Waals surface area contributed by atoms with Gasteiger partial charge < -0.3 is 15.0 Å². The minimum atomic E-state index is -4.13. The van der Waals surface area contributed by atoms with Crippen LogP contribution in [-0.4, -0.2) is 55.9 Å². The van der Waals surface area contributed by atoms with Crippen LogP contribution in [0.15, 0.2) is 17.2 Å². The van der Waals surface area contributed by atoms with Gasteiger partial charge in [-0.3, -0.25) is 0 Å². The van der Waals surface area contributed by atoms with E-state index in [0.29, 0.717) is 13.2 Å². The van der Waals surface area contributed by atoms with Gasteiger partial charge in [0.1, 0.15) is 6.61 Å². The summed E-state index contributed by atoms with van der Waals surface area (Å²) in [5, 5.41) is 7.01. The molecule has 0 spiro atoms. The maximum absolute atomic E-state index is 12.9. The molecule has 1 aromatic heterocycles. The molecule has 31 heavy (non-hydrogen) atoms. The molecule has 0 saturated carbocycles. The van der Waals surface area contributed by atoms with Crippen LogP contribution in [0.5, 0.6) is 5.88 Å². The summed E-state index contributed by atoms with van der Waals surface area (Å²) in [5.41, 5.74) is 5.64. The quantitative estimate of drug-likeness (QED) is 0.742. The minimum absolute atomic E-state index is 0.0986. The lowest BCUT2D eigenvalue weighted by Crippen LogP contribution is -2.41. The number of rotatable bonds is 4. The predicted molar refractivity (Wildman–Crippen MR) is 115 cm³/mol. The fourth-order valence-electron chi connectivity index (χ4n) is 4.84. The number of hydrogen-bond acceptors (Lipinski definition) is 6. The second-order valence-corrected chi connectivity index (χ2v) is 10.4. The van der Waals surface area contributed by atoms with Gasteiger partial charge in [0.05, 0.1) is 18.8 Å². The molecule has 10 heteroatoms. The molecule has 0 fully saturated rings. The molecule has 9 nitrogen and oxygen atoms in total. The molecule has 166 valence electrons. The van der Waals surface area contributed by atoms with Gasteiger partial charge in [0.2, 0.25) is 5.88 Å². The van der Waals surface area contributed by atoms with E-state index in [0.717, 1.165) is 55.3 Å². The Balaban J connectivity index is 1.37. The number of ether oxygens (including phenoxy) is 1. The second-order valence-electron chi connectivity index (χ2n) is 8.72. The standard InChI is InChI=1S/C21H27N5O4S/c1-25(2)15-11-26-20(30-12-15)18(10-22-26)31(28,29)24-21(27)23-19-16-7-3-5-13(16)9-14-6-4-8-17(14)19/h9-10,15H,3-8,11-12H2,1-2H3,(H2,23,24,27)/t15-/m1/s1. The molecule has 1 atom stereocenters. The van der Waals surface area contributed by atoms with Crippen molar-refractivity contribution in [2.75, 3.05) is 26.0 Å². The fourth-order valence-corrected chi connectivity index (χ4v) is 5.83. The van der Waals surface area contributed by atoms with Gasteiger partial charge in [-0.15, -0.1) is 0 Å². The van der Waals surface area contributed by atoms with Gasteiger partial charge in [0.15, 0.2) is 4.90 Å². The van der Waals surface area contributed by atoms with Crippen molar-refractivity contribution < 1.29 is 17.9 Å². The van der Waals surface area contributed by atoms with Crippen molar-refractivity contribution in [1.82, 2.24) is 19.4 Å². The average molecular weight is 446 g/mol. The number of urea groups is 1. The molecule has 2 N–H and O–H groups in total. The van der Waals surface area contributed by atoms with Crippen molar-refractivity contribution in [1.29, 1.82) is 0 Å². The molecule has 2 aliphatic carbocycles. The number of carbonyl (C=O) groups excluding carboxylic acids is 1. The molecule has 1 aromatic carbocycles. The molecule has 2 heterocycles. The van der Waals surface area contributed by atoms with Crippen LogP contribution in [0, 0.1) is 0 Å². The third-order valence-electron chi connectivity index (χ3n) is 6.51. The van der Waals surface area contributed by atoms with Crippen LogP contribution in [0.3, 0.4) is 0 Å². The first-order chi connectivity index (χ1) is 14.8. The van der Waals surface area contributed by atoms with Crippen LogP contribution in [0.4, 0.5) is 10.5 Å². The van der Waals surface area contributed by atoms with Crippen LogP contribution < -0.4 is 14.8 Å². The van der Waals surface area contributed by atoms with Gasteiger partial charge in [-0.25, -0.2) is 22.6 Å². The van der Waals surface area contributed by atoms with Crippen molar-refractivity contribution in [3.05, 3.63) is 34.5 Å². The maximum atomic E-state index is 12.9. The van der Waals surface area contributed by atoms with Crippen molar-refractivity contribution in [3.63, 3.8) is 0 Å². The number of carbonyl (C=O) groups is 1. The Labute approximate surface area is 181 Å². The van der Waals surface area contributed by atoms with Crippen LogP contribution >= 0.6 is 0 Å². The van der Waals surface area contributed by atoms with Crippen LogP contribution in [0.2, 0.25) is 0 Å². The number of aryl methyl sites for hydroxylation is 2. The zero-order chi connectivity index (χ0) is 21.8. The number of amides is 2. The Hall–Kier alpha value is -2.59. The van der Waals surface area contributed by atoms with Crippen LogP contribution in [0.1, 0.15) is 35.1 Å². The molecule has 1 aliphatic heterocycles. The lowest BCUT2D eigenvalue weighted by atomic mass is 9.99. The molecule has 5 rings (SSSR count). The van der Waals surface area contributed by atoms with Gasteiger partial charge in [0.25, 0.3) is 10.0 Å². The van der Waals surface area contributed by atoms with Gasteiger partial charge in [-0.05, 0) is 74.9 Å². The van der Waals surface area contributed by atoms with Gasteiger partial charge in [0, 0.05) is 5.69 Å². The smallest absolute Gasteiger partial charge is 0.333 e. The summed E-state index contributed by atoms with van der Waals surface area (Å²) >= 11 is 0. The Morgan fingerprint density at radius 3 is 2.48 bits per heavy atom. The van der Waals surface area contributed by atoms with E-state index >= 15 is 0 Å². The summed E-state index contributed by atoms with van der Waals surface area (Å²) < 4.78 is 35.2. The number of anilines is 1. The number of fused-ring (bicyclic) bond motifs is 3. The first-order valence-electron chi connectivity index (χ1n) is 10.7. The Morgan fingerprint density at radius 1 is 1.16 bits per heavy atom. The van der Waals surface area contributed by atoms with E-state index in [9.17, 15) is 13.2 Å². The molecule has 2 aromatic rings. The van der Waals surface area contributed by atoms with Crippen molar-refractivity contribution in [3.8, 4) is 5.88 Å². The van der Waals surface area contributed by atoms with Crippen LogP contribution in [-0.2, 0) is 42.3 Å². The van der Waals surface area contributed by atoms with Crippen molar-refractivity contribution >= 4 is 21.7 Å². The predicted octanol–water partition coefficient (Wildman–Crippen LogP) is 1.69. The summed E-state index contributed by atoms with van der Waals surface area (Å²) in [4.78, 5) is 14.6. The van der Waals surface area contributed by atoms with E-state index in [1.54, 1.807) is 0 Å². The number of aromatic nitrogens is 2. The maximum Gasteiger partial charge on any atom is 0.333 e. The Morgan fingerprint density at radius 2 is 1.84 bits per heavy atom.